The molecule has 2 rings (SSSR count). The third-order valence-electron chi connectivity index (χ3n) is 5.43. The molecule has 1 saturated carbocycles. The van der Waals surface area contributed by atoms with Crippen LogP contribution in [0.4, 0.5) is 0 Å². The van der Waals surface area contributed by atoms with Gasteiger partial charge >= 0.3 is 0 Å². The van der Waals surface area contributed by atoms with Gasteiger partial charge in [-0.3, -0.25) is 4.79 Å². The van der Waals surface area contributed by atoms with Crippen molar-refractivity contribution < 1.29 is 14.7 Å². The van der Waals surface area contributed by atoms with Gasteiger partial charge in [0.05, 0.1) is 6.10 Å². The zero-order valence-corrected chi connectivity index (χ0v) is 14.5. The predicted molar refractivity (Wildman–Crippen MR) is 91.8 cm³/mol. The lowest BCUT2D eigenvalue weighted by Crippen LogP contribution is -2.34. The SMILES string of the molecule is CC(C)=CC/C=C(/C)[C@@H]1C[C@H](O)[C@@H](C=O)[C@@H]1[C@H]1C(=O)C=C[C@H]1C. The Morgan fingerprint density at radius 3 is 2.52 bits per heavy atom. The van der Waals surface area contributed by atoms with E-state index in [1.54, 1.807) is 6.08 Å². The number of aldehydes is 1. The summed E-state index contributed by atoms with van der Waals surface area (Å²) in [6.07, 6.45) is 9.54. The second-order valence-electron chi connectivity index (χ2n) is 7.31. The van der Waals surface area contributed by atoms with Crippen LogP contribution in [0.15, 0.2) is 35.5 Å². The molecule has 0 saturated heterocycles. The minimum atomic E-state index is -0.644. The molecule has 3 heteroatoms. The molecule has 23 heavy (non-hydrogen) atoms. The predicted octanol–water partition coefficient (Wildman–Crippen LogP) is 3.49. The summed E-state index contributed by atoms with van der Waals surface area (Å²) in [4.78, 5) is 23.8. The normalized spacial score (nSPS) is 37.3. The Labute approximate surface area is 139 Å². The molecule has 0 heterocycles. The van der Waals surface area contributed by atoms with Crippen molar-refractivity contribution >= 4 is 12.1 Å². The largest absolute Gasteiger partial charge is 0.392 e. The number of hydrogen-bond donors (Lipinski definition) is 1. The number of aliphatic hydroxyl groups is 1. The molecule has 0 aromatic carbocycles. The van der Waals surface area contributed by atoms with Gasteiger partial charge in [0.15, 0.2) is 5.78 Å². The molecule has 0 aromatic heterocycles. The lowest BCUT2D eigenvalue weighted by Gasteiger charge is -2.30. The first-order valence-electron chi connectivity index (χ1n) is 8.52. The van der Waals surface area contributed by atoms with Crippen LogP contribution in [-0.2, 0) is 9.59 Å². The molecule has 2 aliphatic carbocycles. The van der Waals surface area contributed by atoms with Gasteiger partial charge in [-0.2, -0.15) is 0 Å². The Balaban J connectivity index is 2.28. The molecule has 0 radical (unpaired) electrons. The molecule has 0 aliphatic heterocycles. The van der Waals surface area contributed by atoms with E-state index in [2.05, 4.69) is 32.9 Å². The highest BCUT2D eigenvalue weighted by Gasteiger charge is 2.50. The van der Waals surface area contributed by atoms with E-state index in [1.807, 2.05) is 13.0 Å². The van der Waals surface area contributed by atoms with Crippen molar-refractivity contribution in [3.63, 3.8) is 0 Å². The third kappa shape index (κ3) is 3.72. The van der Waals surface area contributed by atoms with E-state index in [0.717, 1.165) is 12.7 Å². The summed E-state index contributed by atoms with van der Waals surface area (Å²) in [5, 5.41) is 10.3. The molecule has 0 unspecified atom stereocenters. The zero-order chi connectivity index (χ0) is 17.1. The Morgan fingerprint density at radius 2 is 2.00 bits per heavy atom. The molecule has 0 spiro atoms. The minimum absolute atomic E-state index is 0.0945. The van der Waals surface area contributed by atoms with Gasteiger partial charge in [0, 0.05) is 11.8 Å². The third-order valence-corrected chi connectivity index (χ3v) is 5.43. The Kier molecular flexibility index (Phi) is 5.74. The van der Waals surface area contributed by atoms with E-state index in [1.165, 1.54) is 11.1 Å². The van der Waals surface area contributed by atoms with Gasteiger partial charge in [-0.05, 0) is 57.4 Å². The van der Waals surface area contributed by atoms with Crippen molar-refractivity contribution in [2.75, 3.05) is 0 Å². The van der Waals surface area contributed by atoms with E-state index in [9.17, 15) is 14.7 Å². The van der Waals surface area contributed by atoms with Crippen LogP contribution < -0.4 is 0 Å². The monoisotopic (exact) mass is 316 g/mol. The number of carbonyl (C=O) groups is 2. The molecule has 126 valence electrons. The van der Waals surface area contributed by atoms with Gasteiger partial charge in [0.2, 0.25) is 0 Å². The zero-order valence-electron chi connectivity index (χ0n) is 14.5. The molecule has 0 bridgehead atoms. The lowest BCUT2D eigenvalue weighted by molar-refractivity contribution is -0.123. The second-order valence-corrected chi connectivity index (χ2v) is 7.31. The van der Waals surface area contributed by atoms with Crippen LogP contribution in [-0.4, -0.2) is 23.3 Å². The molecule has 1 fully saturated rings. The number of carbonyl (C=O) groups excluding carboxylic acids is 2. The van der Waals surface area contributed by atoms with Crippen molar-refractivity contribution in [1.29, 1.82) is 0 Å². The molecule has 3 nitrogen and oxygen atoms in total. The number of rotatable bonds is 5. The van der Waals surface area contributed by atoms with Crippen molar-refractivity contribution in [2.45, 2.75) is 46.6 Å². The molecule has 1 N–H and O–H groups in total. The van der Waals surface area contributed by atoms with Gasteiger partial charge in [-0.15, -0.1) is 0 Å². The van der Waals surface area contributed by atoms with Gasteiger partial charge < -0.3 is 9.90 Å². The summed E-state index contributed by atoms with van der Waals surface area (Å²) in [7, 11) is 0. The van der Waals surface area contributed by atoms with E-state index in [-0.39, 0.29) is 29.5 Å². The fraction of sp³-hybridized carbons (Fsp3) is 0.600. The van der Waals surface area contributed by atoms with Crippen LogP contribution in [0.5, 0.6) is 0 Å². The van der Waals surface area contributed by atoms with E-state index in [4.69, 9.17) is 0 Å². The summed E-state index contributed by atoms with van der Waals surface area (Å²) in [5.41, 5.74) is 2.45. The Bertz CT molecular complexity index is 551. The maximum Gasteiger partial charge on any atom is 0.159 e. The summed E-state index contributed by atoms with van der Waals surface area (Å²) in [6, 6.07) is 0. The molecule has 2 aliphatic rings. The summed E-state index contributed by atoms with van der Waals surface area (Å²) >= 11 is 0. The summed E-state index contributed by atoms with van der Waals surface area (Å²) < 4.78 is 0. The topological polar surface area (TPSA) is 54.4 Å². The Morgan fingerprint density at radius 1 is 1.30 bits per heavy atom. The highest BCUT2D eigenvalue weighted by molar-refractivity contribution is 5.95. The Hall–Kier alpha value is -1.48. The minimum Gasteiger partial charge on any atom is -0.392 e. The van der Waals surface area contributed by atoms with Crippen LogP contribution in [0.25, 0.3) is 0 Å². The van der Waals surface area contributed by atoms with E-state index >= 15 is 0 Å². The van der Waals surface area contributed by atoms with E-state index < -0.39 is 12.0 Å². The standard InChI is InChI=1S/C20H28O3/c1-12(2)6-5-7-13(3)15-10-18(23)16(11-21)20(15)19-14(4)8-9-17(19)22/h6-9,11,14-16,18-20,23H,5,10H2,1-4H3/b13-7-/t14-,15+,16-,18+,19-,20-/m1/s1. The first-order valence-corrected chi connectivity index (χ1v) is 8.52. The van der Waals surface area contributed by atoms with Crippen LogP contribution in [0, 0.1) is 29.6 Å². The lowest BCUT2D eigenvalue weighted by atomic mass is 9.72. The summed E-state index contributed by atoms with van der Waals surface area (Å²) in [5.74, 6) is -0.383. The first-order chi connectivity index (χ1) is 10.9. The highest BCUT2D eigenvalue weighted by atomic mass is 16.3. The second kappa shape index (κ2) is 7.39. The smallest absolute Gasteiger partial charge is 0.159 e. The fourth-order valence-corrected chi connectivity index (χ4v) is 4.17. The van der Waals surface area contributed by atoms with Crippen LogP contribution >= 0.6 is 0 Å². The highest BCUT2D eigenvalue weighted by Crippen LogP contribution is 2.48. The number of hydrogen-bond acceptors (Lipinski definition) is 3. The maximum atomic E-state index is 12.3. The maximum absolute atomic E-state index is 12.3. The van der Waals surface area contributed by atoms with Crippen molar-refractivity contribution in [3.05, 3.63) is 35.5 Å². The molecular weight excluding hydrogens is 288 g/mol. The van der Waals surface area contributed by atoms with Crippen molar-refractivity contribution in [1.82, 2.24) is 0 Å². The summed E-state index contributed by atoms with van der Waals surface area (Å²) in [6.45, 7) is 8.22. The van der Waals surface area contributed by atoms with Gasteiger partial charge in [-0.1, -0.05) is 36.3 Å². The quantitative estimate of drug-likeness (QED) is 0.624. The molecule has 0 aromatic rings. The van der Waals surface area contributed by atoms with Crippen molar-refractivity contribution in [2.24, 2.45) is 29.6 Å². The number of ketones is 1. The average Bonchev–Trinajstić information content (AvgIpc) is 2.97. The molecule has 0 amide bonds. The number of allylic oxidation sites excluding steroid dienone is 6. The van der Waals surface area contributed by atoms with Crippen LogP contribution in [0.2, 0.25) is 0 Å². The first kappa shape index (κ1) is 17.9. The molecule has 6 atom stereocenters. The average molecular weight is 316 g/mol. The van der Waals surface area contributed by atoms with Gasteiger partial charge in [0.25, 0.3) is 0 Å². The van der Waals surface area contributed by atoms with Crippen molar-refractivity contribution in [3.8, 4) is 0 Å². The van der Waals surface area contributed by atoms with Crippen LogP contribution in [0.3, 0.4) is 0 Å². The molecular formula is C20H28O3. The van der Waals surface area contributed by atoms with Gasteiger partial charge in [-0.25, -0.2) is 0 Å². The van der Waals surface area contributed by atoms with Crippen LogP contribution in [0.1, 0.15) is 40.5 Å². The van der Waals surface area contributed by atoms with E-state index in [0.29, 0.717) is 6.42 Å². The fourth-order valence-electron chi connectivity index (χ4n) is 4.17. The van der Waals surface area contributed by atoms with Gasteiger partial charge in [0.1, 0.15) is 6.29 Å². The number of aliphatic hydroxyl groups excluding tert-OH is 1.